The van der Waals surface area contributed by atoms with Gasteiger partial charge in [-0.2, -0.15) is 0 Å². The molecule has 0 fully saturated rings. The normalized spacial score (nSPS) is 10.7. The van der Waals surface area contributed by atoms with Crippen LogP contribution in [0.4, 0.5) is 16.4 Å². The first-order valence-electron chi connectivity index (χ1n) is 7.07. The van der Waals surface area contributed by atoms with Crippen LogP contribution >= 0.6 is 11.6 Å². The summed E-state index contributed by atoms with van der Waals surface area (Å²) >= 11 is 5.91. The van der Waals surface area contributed by atoms with Crippen LogP contribution in [0.25, 0.3) is 0 Å². The molecule has 9 nitrogen and oxygen atoms in total. The summed E-state index contributed by atoms with van der Waals surface area (Å²) in [4.78, 5) is 30.6. The van der Waals surface area contributed by atoms with Crippen molar-refractivity contribution >= 4 is 45.2 Å². The molecule has 0 saturated heterocycles. The molecule has 0 radical (unpaired) electrons. The SMILES string of the molecule is C=CC(=O)Nc1ccc(Cl)c(S(=O)(=O)NC(=O)Nc2nccc(C)n2)c1. The predicted molar refractivity (Wildman–Crippen MR) is 96.4 cm³/mol. The van der Waals surface area contributed by atoms with Crippen LogP contribution in [0, 0.1) is 6.92 Å². The Kier molecular flexibility index (Phi) is 5.90. The van der Waals surface area contributed by atoms with Gasteiger partial charge in [0, 0.05) is 17.6 Å². The van der Waals surface area contributed by atoms with Gasteiger partial charge in [0.25, 0.3) is 10.0 Å². The molecule has 11 heteroatoms. The van der Waals surface area contributed by atoms with E-state index in [0.717, 1.165) is 12.1 Å². The van der Waals surface area contributed by atoms with E-state index in [1.54, 1.807) is 17.7 Å². The van der Waals surface area contributed by atoms with Crippen LogP contribution < -0.4 is 15.4 Å². The van der Waals surface area contributed by atoms with Gasteiger partial charge in [0.1, 0.15) is 4.90 Å². The molecule has 3 N–H and O–H groups in total. The van der Waals surface area contributed by atoms with Crippen molar-refractivity contribution in [1.29, 1.82) is 0 Å². The maximum absolute atomic E-state index is 12.4. The van der Waals surface area contributed by atoms with E-state index in [9.17, 15) is 18.0 Å². The van der Waals surface area contributed by atoms with Gasteiger partial charge in [-0.05, 0) is 37.3 Å². The first kappa shape index (κ1) is 19.3. The molecular formula is C15H14ClN5O4S. The molecule has 2 rings (SSSR count). The summed E-state index contributed by atoms with van der Waals surface area (Å²) in [6.45, 7) is 4.98. The third-order valence-electron chi connectivity index (χ3n) is 2.92. The average molecular weight is 396 g/mol. The molecule has 0 bridgehead atoms. The second-order valence-corrected chi connectivity index (χ2v) is 6.98. The monoisotopic (exact) mass is 395 g/mol. The van der Waals surface area contributed by atoms with Crippen molar-refractivity contribution in [2.24, 2.45) is 0 Å². The van der Waals surface area contributed by atoms with E-state index in [-0.39, 0.29) is 21.6 Å². The Bertz CT molecular complexity index is 978. The molecule has 1 heterocycles. The molecule has 1 aromatic carbocycles. The number of halogens is 1. The molecule has 0 spiro atoms. The van der Waals surface area contributed by atoms with E-state index in [0.29, 0.717) is 5.69 Å². The second kappa shape index (κ2) is 7.93. The van der Waals surface area contributed by atoms with E-state index in [1.165, 1.54) is 18.3 Å². The smallest absolute Gasteiger partial charge is 0.322 e. The highest BCUT2D eigenvalue weighted by molar-refractivity contribution is 7.90. The van der Waals surface area contributed by atoms with Crippen molar-refractivity contribution in [3.63, 3.8) is 0 Å². The van der Waals surface area contributed by atoms with Crippen LogP contribution in [0.1, 0.15) is 5.69 Å². The molecule has 2 aromatic rings. The van der Waals surface area contributed by atoms with Crippen LogP contribution in [-0.2, 0) is 14.8 Å². The molecule has 1 aromatic heterocycles. The Labute approximate surface area is 154 Å². The van der Waals surface area contributed by atoms with Gasteiger partial charge in [-0.15, -0.1) is 0 Å². The first-order valence-corrected chi connectivity index (χ1v) is 8.94. The Morgan fingerprint density at radius 3 is 2.62 bits per heavy atom. The number of benzene rings is 1. The highest BCUT2D eigenvalue weighted by atomic mass is 35.5. The number of nitrogens with one attached hydrogen (secondary N) is 3. The van der Waals surface area contributed by atoms with Crippen LogP contribution in [0.15, 0.2) is 48.0 Å². The van der Waals surface area contributed by atoms with Gasteiger partial charge < -0.3 is 5.32 Å². The minimum Gasteiger partial charge on any atom is -0.322 e. The number of amides is 3. The minimum atomic E-state index is -4.31. The molecule has 0 aliphatic rings. The van der Waals surface area contributed by atoms with Crippen LogP contribution in [-0.4, -0.2) is 30.3 Å². The number of nitrogens with zero attached hydrogens (tertiary/aromatic N) is 2. The van der Waals surface area contributed by atoms with E-state index < -0.39 is 22.0 Å². The maximum Gasteiger partial charge on any atom is 0.335 e. The van der Waals surface area contributed by atoms with Gasteiger partial charge in [-0.3, -0.25) is 10.1 Å². The molecule has 0 saturated carbocycles. The summed E-state index contributed by atoms with van der Waals surface area (Å²) in [5.74, 6) is -0.589. The fourth-order valence-electron chi connectivity index (χ4n) is 1.79. The largest absolute Gasteiger partial charge is 0.335 e. The number of rotatable bonds is 5. The second-order valence-electron chi connectivity index (χ2n) is 4.92. The van der Waals surface area contributed by atoms with E-state index in [2.05, 4.69) is 27.2 Å². The maximum atomic E-state index is 12.4. The Balaban J connectivity index is 2.21. The fraction of sp³-hybridized carbons (Fsp3) is 0.0667. The zero-order valence-electron chi connectivity index (χ0n) is 13.5. The lowest BCUT2D eigenvalue weighted by atomic mass is 10.3. The molecule has 0 atom stereocenters. The minimum absolute atomic E-state index is 0.0595. The summed E-state index contributed by atoms with van der Waals surface area (Å²) in [5.41, 5.74) is 0.758. The highest BCUT2D eigenvalue weighted by Crippen LogP contribution is 2.25. The third-order valence-corrected chi connectivity index (χ3v) is 4.73. The van der Waals surface area contributed by atoms with E-state index in [1.807, 2.05) is 0 Å². The molecule has 26 heavy (non-hydrogen) atoms. The van der Waals surface area contributed by atoms with Gasteiger partial charge in [-0.1, -0.05) is 18.2 Å². The van der Waals surface area contributed by atoms with Gasteiger partial charge in [0.2, 0.25) is 11.9 Å². The van der Waals surface area contributed by atoms with Crippen molar-refractivity contribution < 1.29 is 18.0 Å². The quantitative estimate of drug-likeness (QED) is 0.664. The van der Waals surface area contributed by atoms with Gasteiger partial charge in [0.15, 0.2) is 0 Å². The number of anilines is 2. The van der Waals surface area contributed by atoms with Gasteiger partial charge in [-0.25, -0.2) is 27.9 Å². The average Bonchev–Trinajstić information content (AvgIpc) is 2.55. The predicted octanol–water partition coefficient (Wildman–Crippen LogP) is 2.07. The number of urea groups is 1. The number of hydrogen-bond acceptors (Lipinski definition) is 6. The van der Waals surface area contributed by atoms with Crippen molar-refractivity contribution in [2.45, 2.75) is 11.8 Å². The summed E-state index contributed by atoms with van der Waals surface area (Å²) < 4.78 is 26.6. The summed E-state index contributed by atoms with van der Waals surface area (Å²) in [6.07, 6.45) is 2.44. The van der Waals surface area contributed by atoms with Crippen LogP contribution in [0.3, 0.4) is 0 Å². The number of aryl methyl sites for hydroxylation is 1. The number of aromatic nitrogens is 2. The van der Waals surface area contributed by atoms with Gasteiger partial charge >= 0.3 is 6.03 Å². The lowest BCUT2D eigenvalue weighted by molar-refractivity contribution is -0.111. The van der Waals surface area contributed by atoms with E-state index in [4.69, 9.17) is 11.6 Å². The molecule has 0 aliphatic heterocycles. The topological polar surface area (TPSA) is 130 Å². The Morgan fingerprint density at radius 1 is 1.23 bits per heavy atom. The molecule has 0 unspecified atom stereocenters. The number of carbonyl (C=O) groups is 2. The molecule has 0 aliphatic carbocycles. The third kappa shape index (κ3) is 5.01. The van der Waals surface area contributed by atoms with Crippen molar-refractivity contribution in [1.82, 2.24) is 14.7 Å². The number of carbonyl (C=O) groups excluding carboxylic acids is 2. The standard InChI is InChI=1S/C15H14ClN5O4S/c1-3-13(22)19-10-4-5-11(16)12(8-10)26(24,25)21-15(23)20-14-17-7-6-9(2)18-14/h3-8H,1H2,2H3,(H,19,22)(H2,17,18,20,21,23). The Hall–Kier alpha value is -2.98. The zero-order chi connectivity index (χ0) is 19.3. The van der Waals surface area contributed by atoms with Crippen LogP contribution in [0.2, 0.25) is 5.02 Å². The van der Waals surface area contributed by atoms with Crippen molar-refractivity contribution in [3.8, 4) is 0 Å². The lowest BCUT2D eigenvalue weighted by Gasteiger charge is -2.11. The fourth-order valence-corrected chi connectivity index (χ4v) is 3.23. The molecule has 3 amide bonds. The first-order chi connectivity index (χ1) is 12.2. The highest BCUT2D eigenvalue weighted by Gasteiger charge is 2.22. The number of sulfonamides is 1. The Morgan fingerprint density at radius 2 is 1.96 bits per heavy atom. The van der Waals surface area contributed by atoms with Gasteiger partial charge in [0.05, 0.1) is 5.02 Å². The molecule has 136 valence electrons. The summed E-state index contributed by atoms with van der Waals surface area (Å²) in [5, 5.41) is 4.48. The van der Waals surface area contributed by atoms with Crippen molar-refractivity contribution in [2.75, 3.05) is 10.6 Å². The summed E-state index contributed by atoms with van der Waals surface area (Å²) in [6, 6.07) is 4.34. The van der Waals surface area contributed by atoms with Crippen molar-refractivity contribution in [3.05, 3.63) is 53.8 Å². The number of hydrogen-bond donors (Lipinski definition) is 3. The molecular weight excluding hydrogens is 382 g/mol. The van der Waals surface area contributed by atoms with E-state index >= 15 is 0 Å². The summed E-state index contributed by atoms with van der Waals surface area (Å²) in [7, 11) is -4.31. The van der Waals surface area contributed by atoms with Crippen LogP contribution in [0.5, 0.6) is 0 Å². The lowest BCUT2D eigenvalue weighted by Crippen LogP contribution is -2.35. The zero-order valence-corrected chi connectivity index (χ0v) is 15.1.